The monoisotopic (exact) mass is 271 g/mol. The van der Waals surface area contributed by atoms with Crippen molar-refractivity contribution in [3.63, 3.8) is 0 Å². The van der Waals surface area contributed by atoms with E-state index < -0.39 is 12.3 Å². The lowest BCUT2D eigenvalue weighted by molar-refractivity contribution is -0.207. The molecule has 1 unspecified atom stereocenters. The van der Waals surface area contributed by atoms with Gasteiger partial charge in [0.1, 0.15) is 0 Å². The summed E-state index contributed by atoms with van der Waals surface area (Å²) in [5.41, 5.74) is 2.26. The number of benzene rings is 1. The quantitative estimate of drug-likeness (QED) is 0.913. The fraction of sp³-hybridized carbons (Fsp3) is 0.429. The highest BCUT2D eigenvalue weighted by Gasteiger charge is 2.39. The van der Waals surface area contributed by atoms with E-state index in [4.69, 9.17) is 5.11 Å². The van der Waals surface area contributed by atoms with Crippen molar-refractivity contribution in [2.45, 2.75) is 18.7 Å². The van der Waals surface area contributed by atoms with Crippen LogP contribution < -0.4 is 0 Å². The first-order chi connectivity index (χ1) is 8.97. The Morgan fingerprint density at radius 2 is 1.89 bits per heavy atom. The lowest BCUT2D eigenvalue weighted by Gasteiger charge is -2.29. The first kappa shape index (κ1) is 14.1. The van der Waals surface area contributed by atoms with Gasteiger partial charge in [-0.05, 0) is 17.6 Å². The van der Waals surface area contributed by atoms with Crippen LogP contribution in [0.1, 0.15) is 12.0 Å². The summed E-state index contributed by atoms with van der Waals surface area (Å²) in [5.74, 6) is 0. The fourth-order valence-electron chi connectivity index (χ4n) is 2.14. The highest BCUT2D eigenvalue weighted by atomic mass is 19.4. The van der Waals surface area contributed by atoms with E-state index in [9.17, 15) is 13.2 Å². The number of β-amino-alcohol motifs (C(OH)–C–C–N with tert-alkyl or cyclic N) is 1. The highest BCUT2D eigenvalue weighted by molar-refractivity contribution is 5.66. The minimum Gasteiger partial charge on any atom is -0.382 e. The zero-order chi connectivity index (χ0) is 13.9. The molecule has 2 rings (SSSR count). The molecule has 5 heteroatoms. The Hall–Kier alpha value is -1.33. The lowest BCUT2D eigenvalue weighted by atomic mass is 9.99. The van der Waals surface area contributed by atoms with Gasteiger partial charge >= 0.3 is 6.18 Å². The van der Waals surface area contributed by atoms with Crippen LogP contribution in [0.15, 0.2) is 36.4 Å². The summed E-state index contributed by atoms with van der Waals surface area (Å²) in [6.45, 7) is 0.618. The van der Waals surface area contributed by atoms with Gasteiger partial charge in [0.05, 0.1) is 0 Å². The zero-order valence-electron chi connectivity index (χ0n) is 10.4. The molecule has 19 heavy (non-hydrogen) atoms. The number of hydrogen-bond acceptors (Lipinski definition) is 2. The van der Waals surface area contributed by atoms with Crippen molar-refractivity contribution in [1.82, 2.24) is 4.90 Å². The molecular formula is C14H16F3NO. The molecule has 0 radical (unpaired) electrons. The fourth-order valence-corrected chi connectivity index (χ4v) is 2.14. The third kappa shape index (κ3) is 3.81. The van der Waals surface area contributed by atoms with Gasteiger partial charge in [-0.15, -0.1) is 0 Å². The van der Waals surface area contributed by atoms with E-state index in [-0.39, 0.29) is 6.54 Å². The molecule has 1 aromatic carbocycles. The standard InChI is InChI=1S/C14H16F3NO/c15-14(16,17)13(19)10-18-8-6-12(7-9-18)11-4-2-1-3-5-11/h1-6,13,19H,7-10H2. The van der Waals surface area contributed by atoms with Crippen molar-refractivity contribution in [3.05, 3.63) is 42.0 Å². The summed E-state index contributed by atoms with van der Waals surface area (Å²) < 4.78 is 36.8. The molecule has 0 saturated heterocycles. The van der Waals surface area contributed by atoms with Gasteiger partial charge in [0, 0.05) is 19.6 Å². The van der Waals surface area contributed by atoms with Crippen LogP contribution in [0.4, 0.5) is 13.2 Å². The Kier molecular flexibility index (Phi) is 4.27. The number of nitrogens with zero attached hydrogens (tertiary/aromatic N) is 1. The second-order valence-corrected chi connectivity index (χ2v) is 4.66. The summed E-state index contributed by atoms with van der Waals surface area (Å²) in [7, 11) is 0. The van der Waals surface area contributed by atoms with Crippen LogP contribution in [0.3, 0.4) is 0 Å². The molecule has 0 amide bonds. The van der Waals surface area contributed by atoms with E-state index in [1.165, 1.54) is 0 Å². The molecular weight excluding hydrogens is 255 g/mol. The number of rotatable bonds is 3. The average molecular weight is 271 g/mol. The summed E-state index contributed by atoms with van der Waals surface area (Å²) in [5, 5.41) is 9.03. The predicted molar refractivity (Wildman–Crippen MR) is 67.5 cm³/mol. The largest absolute Gasteiger partial charge is 0.415 e. The molecule has 1 N–H and O–H groups in total. The van der Waals surface area contributed by atoms with Crippen molar-refractivity contribution >= 4 is 5.57 Å². The third-order valence-corrected chi connectivity index (χ3v) is 3.25. The van der Waals surface area contributed by atoms with E-state index in [1.807, 2.05) is 36.4 Å². The summed E-state index contributed by atoms with van der Waals surface area (Å²) in [6, 6.07) is 9.79. The van der Waals surface area contributed by atoms with E-state index in [0.29, 0.717) is 19.5 Å². The van der Waals surface area contributed by atoms with Gasteiger partial charge in [0.25, 0.3) is 0 Å². The second kappa shape index (κ2) is 5.75. The molecule has 0 bridgehead atoms. The van der Waals surface area contributed by atoms with E-state index >= 15 is 0 Å². The van der Waals surface area contributed by atoms with Crippen LogP contribution >= 0.6 is 0 Å². The molecule has 0 aliphatic carbocycles. The van der Waals surface area contributed by atoms with Gasteiger partial charge in [-0.1, -0.05) is 36.4 Å². The first-order valence-corrected chi connectivity index (χ1v) is 6.18. The minimum atomic E-state index is -4.54. The van der Waals surface area contributed by atoms with Crippen molar-refractivity contribution in [2.24, 2.45) is 0 Å². The predicted octanol–water partition coefficient (Wildman–Crippen LogP) is 2.70. The molecule has 1 atom stereocenters. The van der Waals surface area contributed by atoms with Gasteiger partial charge in [0.15, 0.2) is 6.10 Å². The van der Waals surface area contributed by atoms with Crippen molar-refractivity contribution in [3.8, 4) is 0 Å². The maximum atomic E-state index is 12.3. The number of aliphatic hydroxyl groups is 1. The Bertz CT molecular complexity index is 442. The normalized spacial score (nSPS) is 19.1. The molecule has 1 heterocycles. The van der Waals surface area contributed by atoms with Gasteiger partial charge in [-0.2, -0.15) is 13.2 Å². The van der Waals surface area contributed by atoms with Crippen LogP contribution in [0.5, 0.6) is 0 Å². The van der Waals surface area contributed by atoms with E-state index in [1.54, 1.807) is 4.90 Å². The van der Waals surface area contributed by atoms with E-state index in [0.717, 1.165) is 11.1 Å². The Morgan fingerprint density at radius 1 is 1.21 bits per heavy atom. The van der Waals surface area contributed by atoms with Gasteiger partial charge < -0.3 is 5.11 Å². The Morgan fingerprint density at radius 3 is 2.42 bits per heavy atom. The number of halogens is 3. The number of aliphatic hydroxyl groups excluding tert-OH is 1. The van der Waals surface area contributed by atoms with Crippen LogP contribution in [0, 0.1) is 0 Å². The molecule has 0 saturated carbocycles. The highest BCUT2D eigenvalue weighted by Crippen LogP contribution is 2.24. The maximum absolute atomic E-state index is 12.3. The SMILES string of the molecule is OC(CN1CC=C(c2ccccc2)CC1)C(F)(F)F. The summed E-state index contributed by atoms with van der Waals surface area (Å²) in [6.07, 6.45) is -4.17. The number of hydrogen-bond donors (Lipinski definition) is 1. The van der Waals surface area contributed by atoms with Crippen LogP contribution in [0.2, 0.25) is 0 Å². The first-order valence-electron chi connectivity index (χ1n) is 6.18. The number of alkyl halides is 3. The van der Waals surface area contributed by atoms with Crippen LogP contribution in [-0.4, -0.2) is 41.9 Å². The lowest BCUT2D eigenvalue weighted by Crippen LogP contribution is -2.42. The van der Waals surface area contributed by atoms with Crippen LogP contribution in [-0.2, 0) is 0 Å². The molecule has 104 valence electrons. The van der Waals surface area contributed by atoms with Crippen molar-refractivity contribution < 1.29 is 18.3 Å². The smallest absolute Gasteiger partial charge is 0.382 e. The van der Waals surface area contributed by atoms with Gasteiger partial charge in [0.2, 0.25) is 0 Å². The molecule has 1 aliphatic heterocycles. The van der Waals surface area contributed by atoms with Crippen molar-refractivity contribution in [1.29, 1.82) is 0 Å². The van der Waals surface area contributed by atoms with Gasteiger partial charge in [-0.3, -0.25) is 4.90 Å². The molecule has 0 aromatic heterocycles. The summed E-state index contributed by atoms with van der Waals surface area (Å²) >= 11 is 0. The maximum Gasteiger partial charge on any atom is 0.415 e. The zero-order valence-corrected chi connectivity index (χ0v) is 10.4. The topological polar surface area (TPSA) is 23.5 Å². The Labute approximate surface area is 110 Å². The van der Waals surface area contributed by atoms with E-state index in [2.05, 4.69) is 0 Å². The Balaban J connectivity index is 1.93. The molecule has 0 fully saturated rings. The molecule has 1 aliphatic rings. The molecule has 1 aromatic rings. The van der Waals surface area contributed by atoms with Gasteiger partial charge in [-0.25, -0.2) is 0 Å². The minimum absolute atomic E-state index is 0.359. The van der Waals surface area contributed by atoms with Crippen LogP contribution in [0.25, 0.3) is 5.57 Å². The average Bonchev–Trinajstić information content (AvgIpc) is 2.39. The second-order valence-electron chi connectivity index (χ2n) is 4.66. The molecule has 2 nitrogen and oxygen atoms in total. The summed E-state index contributed by atoms with van der Waals surface area (Å²) in [4.78, 5) is 1.62. The third-order valence-electron chi connectivity index (χ3n) is 3.25. The van der Waals surface area contributed by atoms with Crippen molar-refractivity contribution in [2.75, 3.05) is 19.6 Å². The molecule has 0 spiro atoms.